The fourth-order valence-corrected chi connectivity index (χ4v) is 1.55. The Labute approximate surface area is 77.1 Å². The van der Waals surface area contributed by atoms with Crippen LogP contribution in [0.2, 0.25) is 0 Å². The average Bonchev–Trinajstić information content (AvgIpc) is 1.93. The number of halogens is 2. The molecule has 0 bridgehead atoms. The third-order valence-electron chi connectivity index (χ3n) is 1.36. The topological polar surface area (TPSA) is 12.9 Å². The van der Waals surface area contributed by atoms with E-state index < -0.39 is 0 Å². The van der Waals surface area contributed by atoms with Crippen LogP contribution in [0.1, 0.15) is 11.1 Å². The van der Waals surface area contributed by atoms with Crippen molar-refractivity contribution in [3.8, 4) is 0 Å². The Hall–Kier alpha value is 0.110. The Kier molecular flexibility index (Phi) is 2.47. The number of hydrogen-bond donors (Lipinski definition) is 0. The standard InChI is InChI=1S/C7H7Br2N/c1-4-3-10-7(9)5(2)6(4)8/h3H,1-2H3. The van der Waals surface area contributed by atoms with Crippen molar-refractivity contribution in [2.24, 2.45) is 0 Å². The quantitative estimate of drug-likeness (QED) is 0.656. The Morgan fingerprint density at radius 3 is 2.40 bits per heavy atom. The largest absolute Gasteiger partial charge is 0.249 e. The van der Waals surface area contributed by atoms with Crippen LogP contribution in [0.15, 0.2) is 15.3 Å². The summed E-state index contributed by atoms with van der Waals surface area (Å²) in [5.74, 6) is 0. The number of aromatic nitrogens is 1. The molecule has 1 heterocycles. The maximum Gasteiger partial charge on any atom is 0.110 e. The summed E-state index contributed by atoms with van der Waals surface area (Å²) in [6.07, 6.45) is 1.83. The minimum atomic E-state index is 0.907. The lowest BCUT2D eigenvalue weighted by Crippen LogP contribution is -1.86. The summed E-state index contributed by atoms with van der Waals surface area (Å²) in [6, 6.07) is 0. The molecule has 0 amide bonds. The smallest absolute Gasteiger partial charge is 0.110 e. The van der Waals surface area contributed by atoms with Crippen LogP contribution in [0.25, 0.3) is 0 Å². The summed E-state index contributed by atoms with van der Waals surface area (Å²) in [4.78, 5) is 4.13. The van der Waals surface area contributed by atoms with E-state index in [0.29, 0.717) is 0 Å². The van der Waals surface area contributed by atoms with Crippen LogP contribution in [-0.4, -0.2) is 4.98 Å². The molecule has 0 aromatic carbocycles. The molecule has 0 fully saturated rings. The fourth-order valence-electron chi connectivity index (χ4n) is 0.693. The SMILES string of the molecule is Cc1cnc(Br)c(C)c1Br. The Morgan fingerprint density at radius 1 is 1.30 bits per heavy atom. The number of aryl methyl sites for hydroxylation is 1. The van der Waals surface area contributed by atoms with Crippen molar-refractivity contribution in [3.05, 3.63) is 26.4 Å². The minimum absolute atomic E-state index is 0.907. The van der Waals surface area contributed by atoms with E-state index in [9.17, 15) is 0 Å². The van der Waals surface area contributed by atoms with E-state index in [4.69, 9.17) is 0 Å². The number of pyridine rings is 1. The van der Waals surface area contributed by atoms with Crippen LogP contribution < -0.4 is 0 Å². The van der Waals surface area contributed by atoms with Crippen LogP contribution in [0.3, 0.4) is 0 Å². The van der Waals surface area contributed by atoms with Gasteiger partial charge in [-0.1, -0.05) is 15.9 Å². The second-order valence-corrected chi connectivity index (χ2v) is 3.72. The van der Waals surface area contributed by atoms with E-state index in [0.717, 1.165) is 14.6 Å². The molecule has 1 aromatic heterocycles. The predicted molar refractivity (Wildman–Crippen MR) is 49.1 cm³/mol. The van der Waals surface area contributed by atoms with Crippen molar-refractivity contribution in [1.82, 2.24) is 4.98 Å². The van der Waals surface area contributed by atoms with E-state index in [1.807, 2.05) is 20.0 Å². The van der Waals surface area contributed by atoms with Gasteiger partial charge >= 0.3 is 0 Å². The van der Waals surface area contributed by atoms with Crippen molar-refractivity contribution in [2.45, 2.75) is 13.8 Å². The van der Waals surface area contributed by atoms with Gasteiger partial charge < -0.3 is 0 Å². The maximum atomic E-state index is 4.13. The van der Waals surface area contributed by atoms with Crippen molar-refractivity contribution >= 4 is 31.9 Å². The number of nitrogens with zero attached hydrogens (tertiary/aromatic N) is 1. The lowest BCUT2D eigenvalue weighted by atomic mass is 10.2. The first-order chi connectivity index (χ1) is 4.63. The van der Waals surface area contributed by atoms with E-state index >= 15 is 0 Å². The predicted octanol–water partition coefficient (Wildman–Crippen LogP) is 3.22. The summed E-state index contributed by atoms with van der Waals surface area (Å²) in [6.45, 7) is 4.05. The van der Waals surface area contributed by atoms with Gasteiger partial charge in [0.15, 0.2) is 0 Å². The van der Waals surface area contributed by atoms with Gasteiger partial charge in [0.2, 0.25) is 0 Å². The summed E-state index contributed by atoms with van der Waals surface area (Å²) >= 11 is 6.80. The molecular formula is C7H7Br2N. The molecule has 1 rings (SSSR count). The molecule has 3 heteroatoms. The minimum Gasteiger partial charge on any atom is -0.249 e. The average molecular weight is 265 g/mol. The van der Waals surface area contributed by atoms with E-state index in [1.165, 1.54) is 5.56 Å². The van der Waals surface area contributed by atoms with E-state index in [-0.39, 0.29) is 0 Å². The highest BCUT2D eigenvalue weighted by atomic mass is 79.9. The van der Waals surface area contributed by atoms with Crippen LogP contribution >= 0.6 is 31.9 Å². The number of rotatable bonds is 0. The monoisotopic (exact) mass is 263 g/mol. The van der Waals surface area contributed by atoms with Gasteiger partial charge in [-0.25, -0.2) is 4.98 Å². The van der Waals surface area contributed by atoms with Gasteiger partial charge in [-0.3, -0.25) is 0 Å². The zero-order valence-electron chi connectivity index (χ0n) is 5.78. The molecule has 54 valence electrons. The molecule has 0 radical (unpaired) electrons. The molecule has 0 spiro atoms. The molecule has 0 N–H and O–H groups in total. The molecule has 0 saturated heterocycles. The summed E-state index contributed by atoms with van der Waals surface area (Å²) in [7, 11) is 0. The van der Waals surface area contributed by atoms with Crippen LogP contribution in [0.5, 0.6) is 0 Å². The van der Waals surface area contributed by atoms with Gasteiger partial charge in [-0.15, -0.1) is 0 Å². The lowest BCUT2D eigenvalue weighted by Gasteiger charge is -2.02. The molecule has 10 heavy (non-hydrogen) atoms. The normalized spacial score (nSPS) is 10.0. The van der Waals surface area contributed by atoms with Gasteiger partial charge in [-0.05, 0) is 40.9 Å². The Balaban J connectivity index is 3.34. The van der Waals surface area contributed by atoms with Crippen LogP contribution in [0.4, 0.5) is 0 Å². The van der Waals surface area contributed by atoms with Gasteiger partial charge in [0.25, 0.3) is 0 Å². The van der Waals surface area contributed by atoms with Crippen molar-refractivity contribution in [3.63, 3.8) is 0 Å². The third-order valence-corrected chi connectivity index (χ3v) is 3.38. The first kappa shape index (κ1) is 8.21. The van der Waals surface area contributed by atoms with E-state index in [1.54, 1.807) is 0 Å². The van der Waals surface area contributed by atoms with E-state index in [2.05, 4.69) is 36.8 Å². The maximum absolute atomic E-state index is 4.13. The van der Waals surface area contributed by atoms with Crippen LogP contribution in [-0.2, 0) is 0 Å². The molecular weight excluding hydrogens is 258 g/mol. The highest BCUT2D eigenvalue weighted by Crippen LogP contribution is 2.24. The highest BCUT2D eigenvalue weighted by Gasteiger charge is 2.02. The summed E-state index contributed by atoms with van der Waals surface area (Å²) in [5, 5.41) is 0. The Morgan fingerprint density at radius 2 is 1.90 bits per heavy atom. The second-order valence-electron chi connectivity index (χ2n) is 2.17. The molecule has 0 saturated carbocycles. The van der Waals surface area contributed by atoms with Crippen molar-refractivity contribution < 1.29 is 0 Å². The zero-order chi connectivity index (χ0) is 7.72. The molecule has 0 aliphatic carbocycles. The third kappa shape index (κ3) is 1.40. The van der Waals surface area contributed by atoms with Gasteiger partial charge in [0.1, 0.15) is 4.60 Å². The summed E-state index contributed by atoms with van der Waals surface area (Å²) in [5.41, 5.74) is 2.32. The molecule has 0 unspecified atom stereocenters. The highest BCUT2D eigenvalue weighted by molar-refractivity contribution is 9.11. The summed E-state index contributed by atoms with van der Waals surface area (Å²) < 4.78 is 2.04. The van der Waals surface area contributed by atoms with Crippen molar-refractivity contribution in [2.75, 3.05) is 0 Å². The van der Waals surface area contributed by atoms with Gasteiger partial charge in [-0.2, -0.15) is 0 Å². The lowest BCUT2D eigenvalue weighted by molar-refractivity contribution is 1.16. The fraction of sp³-hybridized carbons (Fsp3) is 0.286. The number of hydrogen-bond acceptors (Lipinski definition) is 1. The molecule has 0 aliphatic rings. The first-order valence-electron chi connectivity index (χ1n) is 2.90. The molecule has 0 atom stereocenters. The van der Waals surface area contributed by atoms with Crippen LogP contribution in [0, 0.1) is 13.8 Å². The van der Waals surface area contributed by atoms with Gasteiger partial charge in [0, 0.05) is 10.7 Å². The second kappa shape index (κ2) is 3.01. The Bertz CT molecular complexity index is 231. The first-order valence-corrected chi connectivity index (χ1v) is 4.48. The van der Waals surface area contributed by atoms with Gasteiger partial charge in [0.05, 0.1) is 0 Å². The molecule has 1 aromatic rings. The molecule has 1 nitrogen and oxygen atoms in total. The zero-order valence-corrected chi connectivity index (χ0v) is 8.95. The van der Waals surface area contributed by atoms with Crippen molar-refractivity contribution in [1.29, 1.82) is 0 Å². The molecule has 0 aliphatic heterocycles.